The maximum atomic E-state index is 5.84. The lowest BCUT2D eigenvalue weighted by Gasteiger charge is -2.27. The fourth-order valence-corrected chi connectivity index (χ4v) is 2.71. The Bertz CT molecular complexity index is 333. The number of likely N-dealkylation sites (N-methyl/N-ethyl adjacent to an activating group) is 1. The summed E-state index contributed by atoms with van der Waals surface area (Å²) in [5.41, 5.74) is 7.16. The molecule has 0 spiro atoms. The van der Waals surface area contributed by atoms with Crippen LogP contribution in [0.2, 0.25) is 0 Å². The predicted molar refractivity (Wildman–Crippen MR) is 81.5 cm³/mol. The van der Waals surface area contributed by atoms with Crippen LogP contribution in [0.25, 0.3) is 0 Å². The molecular formula is C13H21BrN2S. The van der Waals surface area contributed by atoms with E-state index in [0.717, 1.165) is 19.5 Å². The van der Waals surface area contributed by atoms with Crippen LogP contribution in [0.4, 0.5) is 0 Å². The monoisotopic (exact) mass is 316 g/mol. The highest BCUT2D eigenvalue weighted by Crippen LogP contribution is 2.18. The van der Waals surface area contributed by atoms with Crippen LogP contribution in [0.3, 0.4) is 0 Å². The molecule has 0 aliphatic heterocycles. The molecule has 0 fully saturated rings. The smallest absolute Gasteiger partial charge is 0.0245 e. The molecule has 0 heterocycles. The first-order chi connectivity index (χ1) is 8.19. The summed E-state index contributed by atoms with van der Waals surface area (Å²) in [6, 6.07) is 8.83. The van der Waals surface area contributed by atoms with Crippen LogP contribution in [0.1, 0.15) is 12.0 Å². The zero-order valence-electron chi connectivity index (χ0n) is 10.5. The molecule has 96 valence electrons. The molecule has 0 aliphatic carbocycles. The highest BCUT2D eigenvalue weighted by atomic mass is 79.9. The molecule has 4 heteroatoms. The SMILES string of the molecule is CSCCC(CN)N(C)Cc1ccccc1Br. The maximum absolute atomic E-state index is 5.84. The molecule has 1 atom stereocenters. The Morgan fingerprint density at radius 2 is 2.12 bits per heavy atom. The Labute approximate surface area is 117 Å². The molecule has 1 unspecified atom stereocenters. The maximum Gasteiger partial charge on any atom is 0.0245 e. The van der Waals surface area contributed by atoms with Crippen LogP contribution in [-0.4, -0.2) is 36.5 Å². The van der Waals surface area contributed by atoms with Gasteiger partial charge in [0.25, 0.3) is 0 Å². The van der Waals surface area contributed by atoms with Crippen molar-refractivity contribution in [3.63, 3.8) is 0 Å². The molecule has 0 amide bonds. The number of thioether (sulfide) groups is 1. The van der Waals surface area contributed by atoms with Crippen LogP contribution < -0.4 is 5.73 Å². The van der Waals surface area contributed by atoms with E-state index in [0.29, 0.717) is 6.04 Å². The lowest BCUT2D eigenvalue weighted by molar-refractivity contribution is 0.233. The van der Waals surface area contributed by atoms with E-state index in [9.17, 15) is 0 Å². The molecule has 2 nitrogen and oxygen atoms in total. The molecule has 0 aliphatic rings. The largest absolute Gasteiger partial charge is 0.329 e. The molecule has 1 rings (SSSR count). The minimum Gasteiger partial charge on any atom is -0.329 e. The van der Waals surface area contributed by atoms with E-state index < -0.39 is 0 Å². The number of nitrogens with two attached hydrogens (primary N) is 1. The number of benzene rings is 1. The van der Waals surface area contributed by atoms with Crippen molar-refractivity contribution in [1.82, 2.24) is 4.90 Å². The van der Waals surface area contributed by atoms with Crippen molar-refractivity contribution in [2.45, 2.75) is 19.0 Å². The van der Waals surface area contributed by atoms with Gasteiger partial charge in [-0.25, -0.2) is 0 Å². The molecule has 0 saturated heterocycles. The van der Waals surface area contributed by atoms with Gasteiger partial charge in [-0.1, -0.05) is 34.1 Å². The van der Waals surface area contributed by atoms with Crippen molar-refractivity contribution in [1.29, 1.82) is 0 Å². The number of hydrogen-bond acceptors (Lipinski definition) is 3. The summed E-state index contributed by atoms with van der Waals surface area (Å²) in [6.45, 7) is 1.67. The molecule has 1 aromatic rings. The second-order valence-electron chi connectivity index (χ2n) is 4.18. The third kappa shape index (κ3) is 5.00. The van der Waals surface area contributed by atoms with E-state index in [1.165, 1.54) is 15.8 Å². The fourth-order valence-electron chi connectivity index (χ4n) is 1.80. The summed E-state index contributed by atoms with van der Waals surface area (Å²) in [5.74, 6) is 1.17. The van der Waals surface area contributed by atoms with Gasteiger partial charge in [0.05, 0.1) is 0 Å². The summed E-state index contributed by atoms with van der Waals surface area (Å²) in [7, 11) is 2.15. The third-order valence-corrected chi connectivity index (χ3v) is 4.35. The Morgan fingerprint density at radius 1 is 1.41 bits per heavy atom. The van der Waals surface area contributed by atoms with Crippen LogP contribution in [0.5, 0.6) is 0 Å². The summed E-state index contributed by atoms with van der Waals surface area (Å²) < 4.78 is 1.17. The number of rotatable bonds is 7. The molecule has 17 heavy (non-hydrogen) atoms. The van der Waals surface area contributed by atoms with Gasteiger partial charge in [0.2, 0.25) is 0 Å². The highest BCUT2D eigenvalue weighted by Gasteiger charge is 2.13. The Hall–Kier alpha value is -0.0300. The van der Waals surface area contributed by atoms with Crippen molar-refractivity contribution in [2.24, 2.45) is 5.73 Å². The topological polar surface area (TPSA) is 29.3 Å². The van der Waals surface area contributed by atoms with Crippen LogP contribution in [0.15, 0.2) is 28.7 Å². The van der Waals surface area contributed by atoms with E-state index in [1.54, 1.807) is 0 Å². The van der Waals surface area contributed by atoms with Gasteiger partial charge in [0, 0.05) is 23.6 Å². The summed E-state index contributed by atoms with van der Waals surface area (Å²) in [4.78, 5) is 2.34. The first-order valence-electron chi connectivity index (χ1n) is 5.81. The first-order valence-corrected chi connectivity index (χ1v) is 8.00. The molecule has 1 aromatic carbocycles. The Kier molecular flexibility index (Phi) is 7.19. The van der Waals surface area contributed by atoms with E-state index in [4.69, 9.17) is 5.73 Å². The number of halogens is 1. The minimum absolute atomic E-state index is 0.467. The van der Waals surface area contributed by atoms with Gasteiger partial charge in [0.15, 0.2) is 0 Å². The Balaban J connectivity index is 2.57. The molecule has 0 bridgehead atoms. The quantitative estimate of drug-likeness (QED) is 0.838. The normalized spacial score (nSPS) is 13.0. The average Bonchev–Trinajstić information content (AvgIpc) is 2.33. The molecule has 0 radical (unpaired) electrons. The lowest BCUT2D eigenvalue weighted by Crippen LogP contribution is -2.37. The van der Waals surface area contributed by atoms with Crippen molar-refractivity contribution in [3.8, 4) is 0 Å². The average molecular weight is 317 g/mol. The van der Waals surface area contributed by atoms with Gasteiger partial charge in [-0.2, -0.15) is 11.8 Å². The lowest BCUT2D eigenvalue weighted by atomic mass is 10.1. The Morgan fingerprint density at radius 3 is 2.71 bits per heavy atom. The summed E-state index contributed by atoms with van der Waals surface area (Å²) >= 11 is 5.47. The summed E-state index contributed by atoms with van der Waals surface area (Å²) in [5, 5.41) is 0. The van der Waals surface area contributed by atoms with Crippen LogP contribution in [-0.2, 0) is 6.54 Å². The number of nitrogens with zero attached hydrogens (tertiary/aromatic N) is 1. The first kappa shape index (κ1) is 15.0. The standard InChI is InChI=1S/C13H21BrN2S/c1-16(12(9-15)7-8-17-2)10-11-5-3-4-6-13(11)14/h3-6,12H,7-10,15H2,1-2H3. The van der Waals surface area contributed by atoms with Gasteiger partial charge in [-0.3, -0.25) is 4.90 Å². The van der Waals surface area contributed by atoms with Crippen LogP contribution in [0, 0.1) is 0 Å². The molecule has 0 aromatic heterocycles. The van der Waals surface area contributed by atoms with E-state index in [2.05, 4.69) is 52.3 Å². The van der Waals surface area contributed by atoms with Crippen molar-refractivity contribution in [2.75, 3.05) is 25.6 Å². The highest BCUT2D eigenvalue weighted by molar-refractivity contribution is 9.10. The molecule has 2 N–H and O–H groups in total. The minimum atomic E-state index is 0.467. The zero-order valence-corrected chi connectivity index (χ0v) is 12.9. The van der Waals surface area contributed by atoms with Gasteiger partial charge < -0.3 is 5.73 Å². The summed E-state index contributed by atoms with van der Waals surface area (Å²) in [6.07, 6.45) is 3.29. The van der Waals surface area contributed by atoms with E-state index in [1.807, 2.05) is 17.8 Å². The van der Waals surface area contributed by atoms with Crippen molar-refractivity contribution >= 4 is 27.7 Å². The third-order valence-electron chi connectivity index (χ3n) is 2.93. The van der Waals surface area contributed by atoms with Gasteiger partial charge in [-0.15, -0.1) is 0 Å². The van der Waals surface area contributed by atoms with Crippen molar-refractivity contribution < 1.29 is 0 Å². The van der Waals surface area contributed by atoms with E-state index >= 15 is 0 Å². The van der Waals surface area contributed by atoms with Gasteiger partial charge >= 0.3 is 0 Å². The second kappa shape index (κ2) is 8.14. The van der Waals surface area contributed by atoms with Crippen LogP contribution >= 0.6 is 27.7 Å². The number of hydrogen-bond donors (Lipinski definition) is 1. The van der Waals surface area contributed by atoms with Gasteiger partial charge in [0.1, 0.15) is 0 Å². The molecule has 0 saturated carbocycles. The molecular weight excluding hydrogens is 296 g/mol. The zero-order chi connectivity index (χ0) is 12.7. The van der Waals surface area contributed by atoms with E-state index in [-0.39, 0.29) is 0 Å². The predicted octanol–water partition coefficient (Wildman–Crippen LogP) is 2.96. The second-order valence-corrected chi connectivity index (χ2v) is 6.02. The van der Waals surface area contributed by atoms with Gasteiger partial charge in [-0.05, 0) is 37.1 Å². The fraction of sp³-hybridized carbons (Fsp3) is 0.538. The van der Waals surface area contributed by atoms with Crippen molar-refractivity contribution in [3.05, 3.63) is 34.3 Å².